The second-order valence-corrected chi connectivity index (χ2v) is 8.97. The molecule has 0 aliphatic carbocycles. The van der Waals surface area contributed by atoms with Crippen LogP contribution in [-0.4, -0.2) is 53.4 Å². The van der Waals surface area contributed by atoms with Crippen molar-refractivity contribution < 1.29 is 17.9 Å². The zero-order valence-electron chi connectivity index (χ0n) is 15.4. The average molecular weight is 349 g/mol. The zero-order chi connectivity index (χ0) is 18.0. The maximum atomic E-state index is 9.63. The molecule has 21 heavy (non-hydrogen) atoms. The molecular formula is C15H40O4S2. The monoisotopic (exact) mass is 348 g/mol. The van der Waals surface area contributed by atoms with E-state index in [1.54, 1.807) is 26.0 Å². The van der Waals surface area contributed by atoms with Crippen molar-refractivity contribution in [2.45, 2.75) is 49.0 Å². The predicted molar refractivity (Wildman–Crippen MR) is 101 cm³/mol. The van der Waals surface area contributed by atoms with E-state index in [9.17, 15) is 13.2 Å². The van der Waals surface area contributed by atoms with Crippen molar-refractivity contribution >= 4 is 27.4 Å². The van der Waals surface area contributed by atoms with Gasteiger partial charge in [-0.2, -0.15) is 11.8 Å². The number of Topliss-reactive ketones (excluding diaryl/α,β-unsaturated/α-hetero) is 1. The largest absolute Gasteiger partial charge is 0.388 e. The summed E-state index contributed by atoms with van der Waals surface area (Å²) >= 11 is 1.75. The molecule has 0 aromatic heterocycles. The van der Waals surface area contributed by atoms with E-state index < -0.39 is 9.84 Å². The van der Waals surface area contributed by atoms with Crippen LogP contribution in [0.2, 0.25) is 0 Å². The highest BCUT2D eigenvalue weighted by atomic mass is 32.2. The molecule has 4 nitrogen and oxygen atoms in total. The molecular weight excluding hydrogens is 308 g/mol. The molecule has 0 heterocycles. The molecule has 0 bridgehead atoms. The summed E-state index contributed by atoms with van der Waals surface area (Å²) in [6, 6.07) is 0. The maximum Gasteiger partial charge on any atom is 0.144 e. The molecule has 0 N–H and O–H groups in total. The van der Waals surface area contributed by atoms with Gasteiger partial charge in [-0.25, -0.2) is 8.42 Å². The summed E-state index contributed by atoms with van der Waals surface area (Å²) in [5, 5.41) is 0. The number of methoxy groups -OCH3 is 1. The van der Waals surface area contributed by atoms with Gasteiger partial charge in [-0.05, 0) is 31.8 Å². The third-order valence-electron chi connectivity index (χ3n) is 0. The number of thioether (sulfide) groups is 1. The summed E-state index contributed by atoms with van der Waals surface area (Å²) in [5.74, 6) is 0.167. The van der Waals surface area contributed by atoms with Crippen molar-refractivity contribution in [3.63, 3.8) is 0 Å². The standard InChI is InChI=1S/C5H12.C3H6O.C2H6O2S.C2H6O.C2H6S.CH4/c1-5(2,3)4;1-3(2)4;1-5(2,3)4;2*1-3-2;/h1-4H3;1-2H3;1-2H3;2*1-2H3;1H4. The topological polar surface area (TPSA) is 60.4 Å². The molecule has 0 atom stereocenters. The molecule has 0 unspecified atom stereocenters. The second kappa shape index (κ2) is 24.9. The minimum absolute atomic E-state index is 0. The van der Waals surface area contributed by atoms with Gasteiger partial charge in [0.25, 0.3) is 0 Å². The van der Waals surface area contributed by atoms with Gasteiger partial charge in [-0.15, -0.1) is 0 Å². The van der Waals surface area contributed by atoms with Crippen LogP contribution in [0.1, 0.15) is 49.0 Å². The molecule has 136 valence electrons. The van der Waals surface area contributed by atoms with E-state index >= 15 is 0 Å². The SMILES string of the molecule is C.CC(C)(C)C.CC(C)=O.COC.CS(C)(=O)=O.CSC. The van der Waals surface area contributed by atoms with Gasteiger partial charge in [0.05, 0.1) is 0 Å². The van der Waals surface area contributed by atoms with Gasteiger partial charge in [0.1, 0.15) is 15.6 Å². The highest BCUT2D eigenvalue weighted by Crippen LogP contribution is 2.08. The summed E-state index contributed by atoms with van der Waals surface area (Å²) in [5.41, 5.74) is 0.500. The Labute approximate surface area is 139 Å². The predicted octanol–water partition coefficient (Wildman–Crippen LogP) is 4.19. The van der Waals surface area contributed by atoms with E-state index in [0.29, 0.717) is 5.41 Å². The van der Waals surface area contributed by atoms with Crippen LogP contribution in [-0.2, 0) is 19.4 Å². The number of rotatable bonds is 0. The number of hydrogen-bond donors (Lipinski definition) is 0. The Kier molecular flexibility index (Phi) is 44.3. The average Bonchev–Trinajstić information content (AvgIpc) is 1.96. The molecule has 0 amide bonds. The summed E-state index contributed by atoms with van der Waals surface area (Å²) < 4.78 is 23.5. The van der Waals surface area contributed by atoms with Crippen LogP contribution < -0.4 is 0 Å². The lowest BCUT2D eigenvalue weighted by Crippen LogP contribution is -1.93. The first kappa shape index (κ1) is 37.3. The van der Waals surface area contributed by atoms with Crippen molar-refractivity contribution in [1.29, 1.82) is 0 Å². The Morgan fingerprint density at radius 2 is 0.952 bits per heavy atom. The van der Waals surface area contributed by atoms with E-state index in [4.69, 9.17) is 0 Å². The lowest BCUT2D eigenvalue weighted by atomic mass is 10.0. The number of carbonyl (C=O) groups is 1. The molecule has 0 aromatic rings. The molecule has 0 aromatic carbocycles. The number of ether oxygens (including phenoxy) is 1. The van der Waals surface area contributed by atoms with Gasteiger partial charge in [-0.1, -0.05) is 35.1 Å². The van der Waals surface area contributed by atoms with Crippen LogP contribution in [0, 0.1) is 5.41 Å². The van der Waals surface area contributed by atoms with Crippen molar-refractivity contribution in [2.75, 3.05) is 39.2 Å². The third-order valence-corrected chi connectivity index (χ3v) is 0. The van der Waals surface area contributed by atoms with E-state index in [1.165, 1.54) is 13.8 Å². The minimum Gasteiger partial charge on any atom is -0.388 e. The molecule has 0 saturated carbocycles. The van der Waals surface area contributed by atoms with Gasteiger partial charge >= 0.3 is 0 Å². The number of ketones is 1. The van der Waals surface area contributed by atoms with Crippen molar-refractivity contribution in [1.82, 2.24) is 0 Å². The highest BCUT2D eigenvalue weighted by molar-refractivity contribution is 7.97. The maximum absolute atomic E-state index is 9.63. The molecule has 0 aliphatic rings. The van der Waals surface area contributed by atoms with Crippen LogP contribution in [0.5, 0.6) is 0 Å². The van der Waals surface area contributed by atoms with Gasteiger partial charge in [0, 0.05) is 26.7 Å². The van der Waals surface area contributed by atoms with Crippen LogP contribution >= 0.6 is 11.8 Å². The van der Waals surface area contributed by atoms with Crippen LogP contribution in [0.4, 0.5) is 0 Å². The smallest absolute Gasteiger partial charge is 0.144 e. The van der Waals surface area contributed by atoms with Crippen molar-refractivity contribution in [2.24, 2.45) is 5.41 Å². The van der Waals surface area contributed by atoms with Crippen LogP contribution in [0.15, 0.2) is 0 Å². The number of sulfone groups is 1. The van der Waals surface area contributed by atoms with Gasteiger partial charge in [-0.3, -0.25) is 0 Å². The molecule has 0 saturated heterocycles. The quantitative estimate of drug-likeness (QED) is 0.657. The molecule has 0 aliphatic heterocycles. The van der Waals surface area contributed by atoms with Gasteiger partial charge < -0.3 is 9.53 Å². The zero-order valence-corrected chi connectivity index (χ0v) is 17.1. The fraction of sp³-hybridized carbons (Fsp3) is 0.933. The summed E-state index contributed by atoms with van der Waals surface area (Å²) in [6.07, 6.45) is 6.40. The molecule has 6 heteroatoms. The lowest BCUT2D eigenvalue weighted by Gasteiger charge is -2.05. The van der Waals surface area contributed by atoms with Crippen LogP contribution in [0.3, 0.4) is 0 Å². The van der Waals surface area contributed by atoms with Crippen LogP contribution in [0.25, 0.3) is 0 Å². The molecule has 0 spiro atoms. The Morgan fingerprint density at radius 1 is 0.952 bits per heavy atom. The van der Waals surface area contributed by atoms with E-state index in [2.05, 4.69) is 32.4 Å². The van der Waals surface area contributed by atoms with E-state index in [-0.39, 0.29) is 13.2 Å². The second-order valence-electron chi connectivity index (χ2n) is 5.87. The Hall–Kier alpha value is -0.0700. The minimum atomic E-state index is -2.67. The first-order chi connectivity index (χ1) is 8.56. The molecule has 0 rings (SSSR count). The highest BCUT2D eigenvalue weighted by Gasteiger charge is 1.95. The fourth-order valence-electron chi connectivity index (χ4n) is 0. The first-order valence-corrected chi connectivity index (χ1v) is 9.92. The summed E-state index contributed by atoms with van der Waals surface area (Å²) in [7, 11) is 0.583. The summed E-state index contributed by atoms with van der Waals surface area (Å²) in [6.45, 7) is 11.8. The lowest BCUT2D eigenvalue weighted by molar-refractivity contribution is -0.114. The number of carbonyl (C=O) groups excluding carboxylic acids is 1. The fourth-order valence-corrected chi connectivity index (χ4v) is 0. The first-order valence-electron chi connectivity index (χ1n) is 5.99. The normalized spacial score (nSPS) is 8.57. The van der Waals surface area contributed by atoms with Gasteiger partial charge in [0.2, 0.25) is 0 Å². The van der Waals surface area contributed by atoms with E-state index in [0.717, 1.165) is 12.5 Å². The molecule has 0 radical (unpaired) electrons. The van der Waals surface area contributed by atoms with Crippen molar-refractivity contribution in [3.8, 4) is 0 Å². The Balaban J connectivity index is -0.0000000337. The van der Waals surface area contributed by atoms with Gasteiger partial charge in [0.15, 0.2) is 0 Å². The third kappa shape index (κ3) is 1310000. The van der Waals surface area contributed by atoms with Crippen molar-refractivity contribution in [3.05, 3.63) is 0 Å². The Morgan fingerprint density at radius 3 is 0.952 bits per heavy atom. The van der Waals surface area contributed by atoms with E-state index in [1.807, 2.05) is 12.5 Å². The summed E-state index contributed by atoms with van der Waals surface area (Å²) in [4.78, 5) is 9.44. The number of hydrogen-bond acceptors (Lipinski definition) is 5. The molecule has 0 fully saturated rings. The Bertz CT molecular complexity index is 246.